The van der Waals surface area contributed by atoms with E-state index in [1.807, 2.05) is 37.7 Å². The Morgan fingerprint density at radius 3 is 2.74 bits per heavy atom. The number of aromatic amines is 1. The zero-order valence-electron chi connectivity index (χ0n) is 11.8. The van der Waals surface area contributed by atoms with Gasteiger partial charge in [0.1, 0.15) is 11.3 Å². The lowest BCUT2D eigenvalue weighted by molar-refractivity contribution is 0.245. The Morgan fingerprint density at radius 1 is 1.37 bits per heavy atom. The van der Waals surface area contributed by atoms with Crippen molar-refractivity contribution in [3.8, 4) is 5.75 Å². The number of rotatable bonds is 5. The number of hydrogen-bond donors (Lipinski definition) is 1. The van der Waals surface area contributed by atoms with Crippen LogP contribution in [0.1, 0.15) is 26.8 Å². The van der Waals surface area contributed by atoms with Crippen molar-refractivity contribution in [3.05, 3.63) is 23.0 Å². The van der Waals surface area contributed by atoms with Crippen LogP contribution in [0, 0.1) is 4.77 Å². The van der Waals surface area contributed by atoms with Crippen LogP contribution in [-0.4, -0.2) is 27.7 Å². The fourth-order valence-electron chi connectivity index (χ4n) is 2.23. The number of thioether (sulfide) groups is 1. The van der Waals surface area contributed by atoms with E-state index in [1.165, 1.54) is 0 Å². The molecule has 19 heavy (non-hydrogen) atoms. The number of H-pyrrole nitrogens is 1. The molecule has 104 valence electrons. The van der Waals surface area contributed by atoms with Gasteiger partial charge in [-0.15, -0.1) is 0 Å². The lowest BCUT2D eigenvalue weighted by atomic mass is 10.2. The van der Waals surface area contributed by atoms with Crippen LogP contribution in [0.25, 0.3) is 11.0 Å². The van der Waals surface area contributed by atoms with Crippen molar-refractivity contribution in [2.45, 2.75) is 32.9 Å². The Labute approximate surface area is 123 Å². The Morgan fingerprint density at radius 2 is 2.11 bits per heavy atom. The topological polar surface area (TPSA) is 29.9 Å². The summed E-state index contributed by atoms with van der Waals surface area (Å²) >= 11 is 7.29. The van der Waals surface area contributed by atoms with Crippen molar-refractivity contribution in [1.82, 2.24) is 9.55 Å². The average Bonchev–Trinajstić information content (AvgIpc) is 2.66. The molecule has 5 heteroatoms. The second-order valence-corrected chi connectivity index (χ2v) is 6.22. The minimum absolute atomic E-state index is 0.152. The molecule has 2 rings (SSSR count). The van der Waals surface area contributed by atoms with Gasteiger partial charge in [0.2, 0.25) is 0 Å². The summed E-state index contributed by atoms with van der Waals surface area (Å²) in [5, 5.41) is 0. The van der Waals surface area contributed by atoms with E-state index in [-0.39, 0.29) is 6.10 Å². The first kappa shape index (κ1) is 14.5. The lowest BCUT2D eigenvalue weighted by Gasteiger charge is -2.14. The highest BCUT2D eigenvalue weighted by molar-refractivity contribution is 7.98. The van der Waals surface area contributed by atoms with Gasteiger partial charge < -0.3 is 14.3 Å². The Bertz CT molecular complexity index is 615. The quantitative estimate of drug-likeness (QED) is 0.829. The van der Waals surface area contributed by atoms with Crippen LogP contribution in [0.2, 0.25) is 0 Å². The maximum Gasteiger partial charge on any atom is 0.178 e. The van der Waals surface area contributed by atoms with E-state index in [4.69, 9.17) is 17.0 Å². The van der Waals surface area contributed by atoms with Gasteiger partial charge in [-0.1, -0.05) is 6.07 Å². The maximum absolute atomic E-state index is 5.84. The van der Waals surface area contributed by atoms with Gasteiger partial charge in [-0.05, 0) is 51.4 Å². The van der Waals surface area contributed by atoms with Crippen molar-refractivity contribution in [1.29, 1.82) is 0 Å². The highest BCUT2D eigenvalue weighted by atomic mass is 32.2. The molecule has 3 nitrogen and oxygen atoms in total. The van der Waals surface area contributed by atoms with E-state index in [9.17, 15) is 0 Å². The van der Waals surface area contributed by atoms with Gasteiger partial charge in [0.05, 0.1) is 11.6 Å². The third-order valence-electron chi connectivity index (χ3n) is 2.93. The van der Waals surface area contributed by atoms with Gasteiger partial charge in [0.25, 0.3) is 0 Å². The van der Waals surface area contributed by atoms with E-state index < -0.39 is 0 Å². The molecule has 0 aliphatic heterocycles. The number of aromatic nitrogens is 2. The van der Waals surface area contributed by atoms with E-state index in [2.05, 4.69) is 28.8 Å². The summed E-state index contributed by atoms with van der Waals surface area (Å²) in [5.74, 6) is 1.91. The molecule has 0 aliphatic carbocycles. The molecule has 1 unspecified atom stereocenters. The first-order valence-electron chi connectivity index (χ1n) is 6.43. The largest absolute Gasteiger partial charge is 0.489 e. The van der Waals surface area contributed by atoms with Gasteiger partial charge >= 0.3 is 0 Å². The molecule has 0 bridgehead atoms. The second kappa shape index (κ2) is 6.01. The molecule has 2 aromatic rings. The molecule has 0 saturated carbocycles. The lowest BCUT2D eigenvalue weighted by Crippen LogP contribution is -2.08. The molecule has 1 N–H and O–H groups in total. The van der Waals surface area contributed by atoms with Crippen molar-refractivity contribution in [2.75, 3.05) is 12.0 Å². The first-order valence-corrected chi connectivity index (χ1v) is 8.23. The molecule has 0 radical (unpaired) electrons. The van der Waals surface area contributed by atoms with Gasteiger partial charge in [-0.2, -0.15) is 11.8 Å². The fraction of sp³-hybridized carbons (Fsp3) is 0.500. The highest BCUT2D eigenvalue weighted by Gasteiger charge is 2.14. The molecule has 0 saturated heterocycles. The third kappa shape index (κ3) is 2.98. The maximum atomic E-state index is 5.84. The number of fused-ring (bicyclic) bond motifs is 1. The first-order chi connectivity index (χ1) is 9.04. The standard InChI is InChI=1S/C14H20N2OS2/c1-9(2)17-12-7-5-6-11-13(12)15-14(18)16(11)10(3)8-19-4/h5-7,9-10H,8H2,1-4H3,(H,15,18). The number of benzene rings is 1. The van der Waals surface area contributed by atoms with Crippen LogP contribution >= 0.6 is 24.0 Å². The second-order valence-electron chi connectivity index (χ2n) is 4.92. The number of nitrogens with zero attached hydrogens (tertiary/aromatic N) is 1. The monoisotopic (exact) mass is 296 g/mol. The van der Waals surface area contributed by atoms with Gasteiger partial charge in [-0.3, -0.25) is 0 Å². The molecule has 1 atom stereocenters. The summed E-state index contributed by atoms with van der Waals surface area (Å²) in [4.78, 5) is 3.28. The van der Waals surface area contributed by atoms with E-state index in [0.717, 1.165) is 27.3 Å². The number of nitrogens with one attached hydrogen (secondary N) is 1. The summed E-state index contributed by atoms with van der Waals surface area (Å²) in [5.41, 5.74) is 2.11. The number of ether oxygens (including phenoxy) is 1. The smallest absolute Gasteiger partial charge is 0.178 e. The molecule has 0 spiro atoms. The summed E-state index contributed by atoms with van der Waals surface area (Å²) in [6.45, 7) is 6.25. The SMILES string of the molecule is CSCC(C)n1c(=S)[nH]c2c(OC(C)C)cccc21. The predicted octanol–water partition coefficient (Wildman–Crippen LogP) is 4.41. The molecule has 0 amide bonds. The average molecular weight is 296 g/mol. The van der Waals surface area contributed by atoms with Crippen LogP contribution in [0.3, 0.4) is 0 Å². The van der Waals surface area contributed by atoms with Gasteiger partial charge in [-0.25, -0.2) is 0 Å². The molecule has 0 aliphatic rings. The van der Waals surface area contributed by atoms with Crippen LogP contribution in [0.4, 0.5) is 0 Å². The molecular formula is C14H20N2OS2. The van der Waals surface area contributed by atoms with Crippen molar-refractivity contribution >= 4 is 35.0 Å². The number of para-hydroxylation sites is 1. The summed E-state index contributed by atoms with van der Waals surface area (Å²) in [6.07, 6.45) is 2.27. The van der Waals surface area contributed by atoms with Crippen LogP contribution < -0.4 is 4.74 Å². The number of hydrogen-bond acceptors (Lipinski definition) is 3. The molecule has 1 heterocycles. The fourth-order valence-corrected chi connectivity index (χ4v) is 3.24. The molecule has 1 aromatic heterocycles. The van der Waals surface area contributed by atoms with Crippen molar-refractivity contribution in [3.63, 3.8) is 0 Å². The minimum Gasteiger partial charge on any atom is -0.489 e. The van der Waals surface area contributed by atoms with Crippen LogP contribution in [-0.2, 0) is 0 Å². The normalized spacial score (nSPS) is 13.1. The Balaban J connectivity index is 2.55. The van der Waals surface area contributed by atoms with E-state index >= 15 is 0 Å². The molecule has 1 aromatic carbocycles. The zero-order chi connectivity index (χ0) is 14.0. The Kier molecular flexibility index (Phi) is 4.58. The summed E-state index contributed by atoms with van der Waals surface area (Å²) in [7, 11) is 0. The molecule has 0 fully saturated rings. The van der Waals surface area contributed by atoms with Crippen LogP contribution in [0.15, 0.2) is 18.2 Å². The summed E-state index contributed by atoms with van der Waals surface area (Å²) in [6, 6.07) is 6.46. The number of imidazole rings is 1. The van der Waals surface area contributed by atoms with E-state index in [0.29, 0.717) is 6.04 Å². The Hall–Kier alpha value is -0.940. The predicted molar refractivity (Wildman–Crippen MR) is 86.0 cm³/mol. The van der Waals surface area contributed by atoms with Crippen molar-refractivity contribution < 1.29 is 4.74 Å². The summed E-state index contributed by atoms with van der Waals surface area (Å²) < 4.78 is 8.77. The third-order valence-corrected chi connectivity index (χ3v) is 4.04. The van der Waals surface area contributed by atoms with Crippen molar-refractivity contribution in [2.24, 2.45) is 0 Å². The minimum atomic E-state index is 0.152. The molecular weight excluding hydrogens is 276 g/mol. The van der Waals surface area contributed by atoms with Gasteiger partial charge in [0, 0.05) is 11.8 Å². The van der Waals surface area contributed by atoms with Crippen LogP contribution in [0.5, 0.6) is 5.75 Å². The zero-order valence-corrected chi connectivity index (χ0v) is 13.4. The van der Waals surface area contributed by atoms with Gasteiger partial charge in [0.15, 0.2) is 4.77 Å². The van der Waals surface area contributed by atoms with E-state index in [1.54, 1.807) is 0 Å². The highest BCUT2D eigenvalue weighted by Crippen LogP contribution is 2.28.